The fourth-order valence-electron chi connectivity index (χ4n) is 1.44. The molecule has 1 amide bonds. The molecule has 100 valence electrons. The Hall–Kier alpha value is -1.91. The normalized spacial score (nSPS) is 11.8. The van der Waals surface area contributed by atoms with Gasteiger partial charge in [-0.2, -0.15) is 0 Å². The maximum absolute atomic E-state index is 11.8. The fraction of sp³-hybridized carbons (Fsp3) is 0.462. The van der Waals surface area contributed by atoms with E-state index in [1.807, 2.05) is 13.8 Å². The first-order chi connectivity index (χ1) is 8.53. The number of hydrogen-bond donors (Lipinski definition) is 2. The van der Waals surface area contributed by atoms with Crippen molar-refractivity contribution in [3.63, 3.8) is 0 Å². The molecule has 1 aromatic carbocycles. The molecule has 1 unspecified atom stereocenters. The fourth-order valence-corrected chi connectivity index (χ4v) is 1.44. The number of benzene rings is 1. The predicted molar refractivity (Wildman–Crippen MR) is 72.0 cm³/mol. The minimum atomic E-state index is -0.0589. The Kier molecular flexibility index (Phi) is 4.83. The lowest BCUT2D eigenvalue weighted by molar-refractivity contribution is -0.119. The van der Waals surface area contributed by atoms with Crippen molar-refractivity contribution in [2.24, 2.45) is 5.92 Å². The van der Waals surface area contributed by atoms with Gasteiger partial charge in [-0.15, -0.1) is 0 Å². The molecule has 0 aromatic heterocycles. The first-order valence-corrected chi connectivity index (χ1v) is 5.85. The third kappa shape index (κ3) is 3.06. The van der Waals surface area contributed by atoms with Crippen LogP contribution >= 0.6 is 0 Å². The Morgan fingerprint density at radius 1 is 1.33 bits per heavy atom. The smallest absolute Gasteiger partial charge is 0.227 e. The number of amides is 1. The highest BCUT2D eigenvalue weighted by atomic mass is 16.5. The molecule has 0 saturated heterocycles. The van der Waals surface area contributed by atoms with E-state index in [1.54, 1.807) is 12.1 Å². The van der Waals surface area contributed by atoms with Crippen molar-refractivity contribution >= 4 is 17.3 Å². The maximum Gasteiger partial charge on any atom is 0.227 e. The zero-order chi connectivity index (χ0) is 13.7. The van der Waals surface area contributed by atoms with Gasteiger partial charge in [-0.25, -0.2) is 0 Å². The van der Waals surface area contributed by atoms with Crippen LogP contribution in [0.4, 0.5) is 11.4 Å². The summed E-state index contributed by atoms with van der Waals surface area (Å²) in [5, 5.41) is 2.79. The van der Waals surface area contributed by atoms with Crippen LogP contribution in [-0.2, 0) is 4.79 Å². The Bertz CT molecular complexity index is 432. The van der Waals surface area contributed by atoms with Gasteiger partial charge >= 0.3 is 0 Å². The van der Waals surface area contributed by atoms with Gasteiger partial charge in [0.05, 0.1) is 25.6 Å². The van der Waals surface area contributed by atoms with Gasteiger partial charge in [0.1, 0.15) is 0 Å². The molecule has 0 aliphatic heterocycles. The summed E-state index contributed by atoms with van der Waals surface area (Å²) in [5.41, 5.74) is 6.85. The van der Waals surface area contributed by atoms with Gasteiger partial charge < -0.3 is 20.5 Å². The minimum absolute atomic E-state index is 0.0579. The SMILES string of the molecule is CCC(C)C(=O)Nc1cc(OC)c(OC)cc1N. The largest absolute Gasteiger partial charge is 0.493 e. The minimum Gasteiger partial charge on any atom is -0.493 e. The number of methoxy groups -OCH3 is 2. The summed E-state index contributed by atoms with van der Waals surface area (Å²) in [4.78, 5) is 11.8. The van der Waals surface area contributed by atoms with E-state index >= 15 is 0 Å². The van der Waals surface area contributed by atoms with Gasteiger partial charge in [-0.1, -0.05) is 13.8 Å². The zero-order valence-electron chi connectivity index (χ0n) is 11.2. The molecule has 0 heterocycles. The molecule has 0 aliphatic carbocycles. The topological polar surface area (TPSA) is 73.6 Å². The highest BCUT2D eigenvalue weighted by Gasteiger charge is 2.14. The van der Waals surface area contributed by atoms with Gasteiger partial charge in [0, 0.05) is 18.1 Å². The van der Waals surface area contributed by atoms with Crippen LogP contribution in [0.5, 0.6) is 11.5 Å². The van der Waals surface area contributed by atoms with Crippen molar-refractivity contribution < 1.29 is 14.3 Å². The number of rotatable bonds is 5. The highest BCUT2D eigenvalue weighted by molar-refractivity contribution is 5.95. The lowest BCUT2D eigenvalue weighted by Crippen LogP contribution is -2.20. The monoisotopic (exact) mass is 252 g/mol. The average Bonchev–Trinajstić information content (AvgIpc) is 2.39. The molecular weight excluding hydrogens is 232 g/mol. The third-order valence-electron chi connectivity index (χ3n) is 2.87. The van der Waals surface area contributed by atoms with Crippen LogP contribution in [0.2, 0.25) is 0 Å². The lowest BCUT2D eigenvalue weighted by Gasteiger charge is -2.15. The third-order valence-corrected chi connectivity index (χ3v) is 2.87. The van der Waals surface area contributed by atoms with Crippen LogP contribution in [0.1, 0.15) is 20.3 Å². The second-order valence-electron chi connectivity index (χ2n) is 4.09. The molecule has 1 atom stereocenters. The first kappa shape index (κ1) is 14.2. The second kappa shape index (κ2) is 6.14. The number of nitrogens with one attached hydrogen (secondary N) is 1. The van der Waals surface area contributed by atoms with E-state index in [1.165, 1.54) is 14.2 Å². The number of nitrogens with two attached hydrogens (primary N) is 1. The molecule has 5 nitrogen and oxygen atoms in total. The molecule has 0 spiro atoms. The summed E-state index contributed by atoms with van der Waals surface area (Å²) < 4.78 is 10.3. The molecule has 1 rings (SSSR count). The standard InChI is InChI=1S/C13H20N2O3/c1-5-8(2)13(16)15-10-7-12(18-4)11(17-3)6-9(10)14/h6-8H,5,14H2,1-4H3,(H,15,16). The van der Waals surface area contributed by atoms with Gasteiger partial charge in [-0.3, -0.25) is 4.79 Å². The molecule has 18 heavy (non-hydrogen) atoms. The van der Waals surface area contributed by atoms with Crippen LogP contribution in [-0.4, -0.2) is 20.1 Å². The summed E-state index contributed by atoms with van der Waals surface area (Å²) in [5.74, 6) is 0.955. The Balaban J connectivity index is 2.99. The van der Waals surface area contributed by atoms with Crippen molar-refractivity contribution in [2.75, 3.05) is 25.3 Å². The summed E-state index contributed by atoms with van der Waals surface area (Å²) in [6, 6.07) is 3.29. The van der Waals surface area contributed by atoms with Crippen LogP contribution in [0.3, 0.4) is 0 Å². The van der Waals surface area contributed by atoms with Crippen molar-refractivity contribution in [3.05, 3.63) is 12.1 Å². The summed E-state index contributed by atoms with van der Waals surface area (Å²) in [7, 11) is 3.07. The van der Waals surface area contributed by atoms with E-state index in [0.717, 1.165) is 6.42 Å². The van der Waals surface area contributed by atoms with E-state index in [2.05, 4.69) is 5.32 Å². The van der Waals surface area contributed by atoms with Gasteiger partial charge in [0.2, 0.25) is 5.91 Å². The molecule has 0 radical (unpaired) electrons. The number of nitrogen functional groups attached to an aromatic ring is 1. The summed E-state index contributed by atoms with van der Waals surface area (Å²) >= 11 is 0. The van der Waals surface area contributed by atoms with Crippen LogP contribution < -0.4 is 20.5 Å². The van der Waals surface area contributed by atoms with E-state index in [9.17, 15) is 4.79 Å². The van der Waals surface area contributed by atoms with E-state index < -0.39 is 0 Å². The zero-order valence-corrected chi connectivity index (χ0v) is 11.2. The lowest BCUT2D eigenvalue weighted by atomic mass is 10.1. The van der Waals surface area contributed by atoms with Crippen LogP contribution in [0, 0.1) is 5.92 Å². The van der Waals surface area contributed by atoms with Gasteiger partial charge in [-0.05, 0) is 6.42 Å². The van der Waals surface area contributed by atoms with Crippen molar-refractivity contribution in [1.29, 1.82) is 0 Å². The van der Waals surface area contributed by atoms with E-state index in [0.29, 0.717) is 22.9 Å². The first-order valence-electron chi connectivity index (χ1n) is 5.85. The number of anilines is 2. The van der Waals surface area contributed by atoms with Gasteiger partial charge in [0.25, 0.3) is 0 Å². The van der Waals surface area contributed by atoms with Crippen LogP contribution in [0.15, 0.2) is 12.1 Å². The molecule has 0 aliphatic rings. The summed E-state index contributed by atoms with van der Waals surface area (Å²) in [6.07, 6.45) is 0.777. The van der Waals surface area contributed by atoms with Crippen LogP contribution in [0.25, 0.3) is 0 Å². The summed E-state index contributed by atoms with van der Waals surface area (Å²) in [6.45, 7) is 3.83. The Morgan fingerprint density at radius 2 is 1.89 bits per heavy atom. The highest BCUT2D eigenvalue weighted by Crippen LogP contribution is 2.34. The van der Waals surface area contributed by atoms with E-state index in [-0.39, 0.29) is 11.8 Å². The number of carbonyl (C=O) groups excluding carboxylic acids is 1. The number of carbonyl (C=O) groups is 1. The molecule has 3 N–H and O–H groups in total. The maximum atomic E-state index is 11.8. The van der Waals surface area contributed by atoms with Crippen molar-refractivity contribution in [1.82, 2.24) is 0 Å². The van der Waals surface area contributed by atoms with Crippen molar-refractivity contribution in [2.45, 2.75) is 20.3 Å². The molecular formula is C13H20N2O3. The Labute approximate surface area is 107 Å². The molecule has 0 bridgehead atoms. The van der Waals surface area contributed by atoms with E-state index in [4.69, 9.17) is 15.2 Å². The molecule has 1 aromatic rings. The van der Waals surface area contributed by atoms with Crippen molar-refractivity contribution in [3.8, 4) is 11.5 Å². The molecule has 0 saturated carbocycles. The molecule has 0 fully saturated rings. The predicted octanol–water partition coefficient (Wildman–Crippen LogP) is 2.27. The number of hydrogen-bond acceptors (Lipinski definition) is 4. The Morgan fingerprint density at radius 3 is 2.39 bits per heavy atom. The van der Waals surface area contributed by atoms with Gasteiger partial charge in [0.15, 0.2) is 11.5 Å². The average molecular weight is 252 g/mol. The molecule has 5 heteroatoms. The quantitative estimate of drug-likeness (QED) is 0.788. The second-order valence-corrected chi connectivity index (χ2v) is 4.09. The number of ether oxygens (including phenoxy) is 2.